The van der Waals surface area contributed by atoms with Crippen molar-refractivity contribution in [2.75, 3.05) is 5.88 Å². The van der Waals surface area contributed by atoms with E-state index in [9.17, 15) is 0 Å². The van der Waals surface area contributed by atoms with Gasteiger partial charge in [0.2, 0.25) is 0 Å². The third kappa shape index (κ3) is 16.2. The van der Waals surface area contributed by atoms with Crippen LogP contribution in [0.5, 0.6) is 0 Å². The number of aromatic nitrogens is 2. The summed E-state index contributed by atoms with van der Waals surface area (Å²) in [5, 5.41) is 0. The van der Waals surface area contributed by atoms with E-state index < -0.39 is 0 Å². The van der Waals surface area contributed by atoms with Crippen LogP contribution in [0.1, 0.15) is 116 Å². The minimum Gasteiger partial charge on any atom is -1.00 e. The maximum atomic E-state index is 5.61. The molecule has 0 unspecified atom stereocenters. The van der Waals surface area contributed by atoms with Crippen LogP contribution in [0.2, 0.25) is 0 Å². The van der Waals surface area contributed by atoms with Crippen molar-refractivity contribution in [2.45, 2.75) is 122 Å². The largest absolute Gasteiger partial charge is 1.00 e. The zero-order valence-corrected chi connectivity index (χ0v) is 27.0. The Morgan fingerprint density at radius 2 is 0.947 bits per heavy atom. The Kier molecular flexibility index (Phi) is 24.6. The summed E-state index contributed by atoms with van der Waals surface area (Å²) in [5.41, 5.74) is 2.50. The predicted octanol–water partition coefficient (Wildman–Crippen LogP) is 6.54. The molecule has 2 aromatic heterocycles. The topological polar surface area (TPSA) is 16.8 Å². The van der Waals surface area contributed by atoms with Gasteiger partial charge in [-0.2, -0.15) is 0 Å². The summed E-state index contributed by atoms with van der Waals surface area (Å²) >= 11 is 5.61. The summed E-state index contributed by atoms with van der Waals surface area (Å²) in [4.78, 5) is 4.05. The molecule has 6 heteroatoms. The zero-order chi connectivity index (χ0) is 24.4. The average molecular weight is 645 g/mol. The summed E-state index contributed by atoms with van der Waals surface area (Å²) in [6.45, 7) is 1.18. The fourth-order valence-corrected chi connectivity index (χ4v) is 6.05. The van der Waals surface area contributed by atoms with E-state index in [1.807, 2.05) is 12.4 Å². The Labute approximate surface area is 266 Å². The van der Waals surface area contributed by atoms with Crippen molar-refractivity contribution in [3.63, 3.8) is 0 Å². The van der Waals surface area contributed by atoms with Crippen LogP contribution in [0.4, 0.5) is 0 Å². The molecule has 4 saturated carbocycles. The van der Waals surface area contributed by atoms with Gasteiger partial charge in [-0.05, 0) is 54.9 Å². The molecule has 0 aromatic carbocycles. The molecule has 2 aromatic rings. The van der Waals surface area contributed by atoms with Gasteiger partial charge in [0, 0.05) is 70.5 Å². The third-order valence-electron chi connectivity index (χ3n) is 8.04. The van der Waals surface area contributed by atoms with E-state index in [1.54, 1.807) is 0 Å². The fraction of sp³-hybridized carbons (Fsp3) is 0.688. The van der Waals surface area contributed by atoms with Crippen LogP contribution in [0.25, 0.3) is 11.1 Å². The van der Waals surface area contributed by atoms with Crippen LogP contribution in [-0.2, 0) is 40.7 Å². The van der Waals surface area contributed by atoms with Gasteiger partial charge in [-0.1, -0.05) is 89.9 Å². The SMILES string of the molecule is C1CCCC1.C1CCCC1.ClCC1CCCC1.[Cl-].[Fe].[Fe].c1cc(-c2cc[n+](CC3CCCC3)cc2)ccn1. The molecular weight excluding hydrogens is 595 g/mol. The van der Waals surface area contributed by atoms with Gasteiger partial charge < -0.3 is 12.4 Å². The Hall–Kier alpha value is -0.0810. The van der Waals surface area contributed by atoms with Crippen molar-refractivity contribution < 1.29 is 51.1 Å². The van der Waals surface area contributed by atoms with Gasteiger partial charge in [0.15, 0.2) is 18.9 Å². The van der Waals surface area contributed by atoms with Gasteiger partial charge in [-0.3, -0.25) is 4.98 Å². The van der Waals surface area contributed by atoms with E-state index in [0.29, 0.717) is 0 Å². The molecular formula is C32H50Cl2Fe2N2. The molecule has 218 valence electrons. The van der Waals surface area contributed by atoms with Crippen molar-refractivity contribution in [1.82, 2.24) is 4.98 Å². The van der Waals surface area contributed by atoms with E-state index in [0.717, 1.165) is 17.7 Å². The molecule has 0 saturated heterocycles. The number of nitrogens with zero attached hydrogens (tertiary/aromatic N) is 2. The maximum absolute atomic E-state index is 5.61. The predicted molar refractivity (Wildman–Crippen MR) is 151 cm³/mol. The molecule has 4 aliphatic rings. The van der Waals surface area contributed by atoms with E-state index in [2.05, 4.69) is 46.2 Å². The molecule has 0 bridgehead atoms. The Morgan fingerprint density at radius 3 is 1.32 bits per heavy atom. The van der Waals surface area contributed by atoms with E-state index in [-0.39, 0.29) is 46.5 Å². The van der Waals surface area contributed by atoms with Crippen molar-refractivity contribution in [2.24, 2.45) is 11.8 Å². The quantitative estimate of drug-likeness (QED) is 0.210. The van der Waals surface area contributed by atoms with Gasteiger partial charge in [0.05, 0.1) is 0 Å². The van der Waals surface area contributed by atoms with Crippen LogP contribution in [0, 0.1) is 11.8 Å². The molecule has 0 N–H and O–H groups in total. The second-order valence-corrected chi connectivity index (χ2v) is 11.3. The Bertz CT molecular complexity index is 732. The molecule has 0 radical (unpaired) electrons. The molecule has 6 rings (SSSR count). The standard InChI is InChI=1S/C16H19N2.C6H11Cl.2C5H10.ClH.2Fe/c1-2-4-14(3-1)13-18-11-7-16(8-12-18)15-5-9-17-10-6-15;7-5-6-3-1-2-4-6;2*1-2-4-5-3-1;;;/h5-12,14H,1-4,13H2;6H,1-5H2;2*1-5H2;1H;;/q+1;;;;;;/p-1. The summed E-state index contributed by atoms with van der Waals surface area (Å²) in [5.74, 6) is 2.64. The van der Waals surface area contributed by atoms with Crippen molar-refractivity contribution in [3.05, 3.63) is 49.1 Å². The third-order valence-corrected chi connectivity index (χ3v) is 8.48. The van der Waals surface area contributed by atoms with Gasteiger partial charge >= 0.3 is 0 Å². The van der Waals surface area contributed by atoms with E-state index >= 15 is 0 Å². The fourth-order valence-electron chi connectivity index (χ4n) is 5.74. The monoisotopic (exact) mass is 644 g/mol. The van der Waals surface area contributed by atoms with Crippen LogP contribution in [0.15, 0.2) is 49.1 Å². The van der Waals surface area contributed by atoms with Gasteiger partial charge in [-0.15, -0.1) is 11.6 Å². The normalized spacial score (nSPS) is 18.2. The first-order valence-corrected chi connectivity index (χ1v) is 15.3. The number of hydrogen-bond acceptors (Lipinski definition) is 1. The van der Waals surface area contributed by atoms with Crippen LogP contribution in [-0.4, -0.2) is 10.9 Å². The summed E-state index contributed by atoms with van der Waals surface area (Å²) < 4.78 is 2.32. The van der Waals surface area contributed by atoms with Crippen molar-refractivity contribution in [1.29, 1.82) is 0 Å². The Balaban J connectivity index is 0.000000566. The summed E-state index contributed by atoms with van der Waals surface area (Å²) in [6, 6.07) is 8.50. The summed E-state index contributed by atoms with van der Waals surface area (Å²) in [7, 11) is 0. The molecule has 2 nitrogen and oxygen atoms in total. The smallest absolute Gasteiger partial charge is 0.169 e. The first kappa shape index (κ1) is 37.9. The van der Waals surface area contributed by atoms with Gasteiger partial charge in [0.25, 0.3) is 0 Å². The number of alkyl halides is 1. The van der Waals surface area contributed by atoms with Crippen LogP contribution < -0.4 is 17.0 Å². The molecule has 2 heterocycles. The number of hydrogen-bond donors (Lipinski definition) is 0. The minimum absolute atomic E-state index is 0. The molecule has 38 heavy (non-hydrogen) atoms. The summed E-state index contributed by atoms with van der Waals surface area (Å²) in [6.07, 6.45) is 34.3. The van der Waals surface area contributed by atoms with Crippen LogP contribution >= 0.6 is 11.6 Å². The maximum Gasteiger partial charge on any atom is 0.169 e. The Morgan fingerprint density at radius 1 is 0.579 bits per heavy atom. The molecule has 4 aliphatic carbocycles. The van der Waals surface area contributed by atoms with Gasteiger partial charge in [-0.25, -0.2) is 4.57 Å². The first-order valence-electron chi connectivity index (χ1n) is 14.8. The van der Waals surface area contributed by atoms with Crippen molar-refractivity contribution in [3.8, 4) is 11.1 Å². The van der Waals surface area contributed by atoms with Gasteiger partial charge in [0.1, 0.15) is 0 Å². The van der Waals surface area contributed by atoms with E-state index in [1.165, 1.54) is 133 Å². The molecule has 4 fully saturated rings. The molecule has 0 amide bonds. The molecule has 0 spiro atoms. The second kappa shape index (κ2) is 24.7. The average Bonchev–Trinajstić information content (AvgIpc) is 3.76. The van der Waals surface area contributed by atoms with Crippen LogP contribution in [0.3, 0.4) is 0 Å². The first-order chi connectivity index (χ1) is 17.3. The number of halogens is 2. The zero-order valence-electron chi connectivity index (χ0n) is 23.3. The van der Waals surface area contributed by atoms with E-state index in [4.69, 9.17) is 11.6 Å². The minimum atomic E-state index is 0. The number of rotatable bonds is 4. The number of pyridine rings is 2. The van der Waals surface area contributed by atoms with Crippen molar-refractivity contribution >= 4 is 11.6 Å². The molecule has 0 atom stereocenters. The molecule has 0 aliphatic heterocycles. The second-order valence-electron chi connectivity index (χ2n) is 11.0.